The van der Waals surface area contributed by atoms with Crippen LogP contribution in [-0.4, -0.2) is 44.3 Å². The molecule has 0 radical (unpaired) electrons. The van der Waals surface area contributed by atoms with Gasteiger partial charge >= 0.3 is 0 Å². The molecule has 180 valence electrons. The number of nitrogens with zero attached hydrogens (tertiary/aromatic N) is 2. The summed E-state index contributed by atoms with van der Waals surface area (Å²) in [7, 11) is 3.01. The second-order valence-corrected chi connectivity index (χ2v) is 8.31. The fourth-order valence-corrected chi connectivity index (χ4v) is 4.02. The van der Waals surface area contributed by atoms with E-state index in [0.29, 0.717) is 39.2 Å². The van der Waals surface area contributed by atoms with Crippen LogP contribution in [0.2, 0.25) is 5.02 Å². The van der Waals surface area contributed by atoms with Gasteiger partial charge in [0.2, 0.25) is 5.91 Å². The van der Waals surface area contributed by atoms with Crippen molar-refractivity contribution >= 4 is 40.5 Å². The lowest BCUT2D eigenvalue weighted by Gasteiger charge is -2.24. The molecule has 0 fully saturated rings. The second-order valence-electron chi connectivity index (χ2n) is 7.87. The van der Waals surface area contributed by atoms with E-state index in [9.17, 15) is 14.0 Å². The lowest BCUT2D eigenvalue weighted by Crippen LogP contribution is -2.42. The molecule has 2 amide bonds. The average Bonchev–Trinajstić information content (AvgIpc) is 2.94. The largest absolute Gasteiger partial charge is 0.497 e. The van der Waals surface area contributed by atoms with E-state index in [0.717, 1.165) is 0 Å². The maximum atomic E-state index is 14.7. The smallest absolute Gasteiger partial charge is 0.252 e. The molecule has 9 heteroatoms. The number of aliphatic imine (C=N–C) groups is 1. The van der Waals surface area contributed by atoms with Crippen molar-refractivity contribution in [3.05, 3.63) is 82.6 Å². The Balaban J connectivity index is 1.70. The van der Waals surface area contributed by atoms with E-state index < -0.39 is 23.7 Å². The molecule has 0 saturated carbocycles. The monoisotopic (exact) mass is 495 g/mol. The molecule has 7 nitrogen and oxygen atoms in total. The number of methoxy groups -OCH3 is 2. The van der Waals surface area contributed by atoms with Crippen LogP contribution in [0, 0.1) is 5.82 Å². The summed E-state index contributed by atoms with van der Waals surface area (Å²) in [5.41, 5.74) is 1.84. The van der Waals surface area contributed by atoms with E-state index >= 15 is 0 Å². The average molecular weight is 496 g/mol. The summed E-state index contributed by atoms with van der Waals surface area (Å²) in [6.07, 6.45) is 0. The van der Waals surface area contributed by atoms with Crippen molar-refractivity contribution in [3.63, 3.8) is 0 Å². The van der Waals surface area contributed by atoms with Crippen LogP contribution >= 0.6 is 11.6 Å². The Kier molecular flexibility index (Phi) is 7.02. The first-order valence-corrected chi connectivity index (χ1v) is 11.2. The van der Waals surface area contributed by atoms with Crippen LogP contribution in [0.25, 0.3) is 0 Å². The van der Waals surface area contributed by atoms with Crippen LogP contribution in [0.15, 0.2) is 65.7 Å². The molecule has 1 heterocycles. The molecule has 35 heavy (non-hydrogen) atoms. The molecule has 1 N–H and O–H groups in total. The lowest BCUT2D eigenvalue weighted by molar-refractivity contribution is -0.122. The van der Waals surface area contributed by atoms with Crippen LogP contribution in [0.3, 0.4) is 0 Å². The summed E-state index contributed by atoms with van der Waals surface area (Å²) < 4.78 is 25.2. The van der Waals surface area contributed by atoms with Crippen molar-refractivity contribution in [2.24, 2.45) is 4.99 Å². The molecule has 0 unspecified atom stereocenters. The minimum atomic E-state index is -0.861. The van der Waals surface area contributed by atoms with Gasteiger partial charge in [-0.2, -0.15) is 0 Å². The second kappa shape index (κ2) is 10.1. The Morgan fingerprint density at radius 3 is 2.40 bits per heavy atom. The highest BCUT2D eigenvalue weighted by Crippen LogP contribution is 2.32. The zero-order chi connectivity index (χ0) is 25.1. The number of ether oxygens (including phenoxy) is 2. The number of rotatable bonds is 6. The number of anilines is 2. The van der Waals surface area contributed by atoms with Crippen molar-refractivity contribution in [3.8, 4) is 11.5 Å². The van der Waals surface area contributed by atoms with Crippen molar-refractivity contribution in [2.75, 3.05) is 31.0 Å². The van der Waals surface area contributed by atoms with Gasteiger partial charge in [0.1, 0.15) is 29.9 Å². The van der Waals surface area contributed by atoms with Crippen molar-refractivity contribution in [1.29, 1.82) is 0 Å². The number of fused-ring (bicyclic) bond motifs is 1. The Morgan fingerprint density at radius 1 is 1.06 bits per heavy atom. The molecular weight excluding hydrogens is 473 g/mol. The number of hydrogen-bond acceptors (Lipinski definition) is 5. The molecule has 3 aromatic rings. The summed E-state index contributed by atoms with van der Waals surface area (Å²) in [6, 6.07) is 15.1. The van der Waals surface area contributed by atoms with Crippen LogP contribution in [0.1, 0.15) is 18.1 Å². The number of halogens is 2. The third-order valence-electron chi connectivity index (χ3n) is 5.52. The van der Waals surface area contributed by atoms with E-state index in [1.165, 1.54) is 25.2 Å². The highest BCUT2D eigenvalue weighted by atomic mass is 35.5. The molecule has 1 aliphatic heterocycles. The standard InChI is InChI=1S/C26H23ClFN3O4/c1-15-26(33)31(14-24(32)30-17-11-18(34-2)13-19(12-17)35-3)23-9-8-16(27)10-21(23)25(29-15)20-6-4-5-7-22(20)28/h4-13,15H,14H2,1-3H3,(H,30,32)/t15-/m1/s1. The molecule has 4 rings (SSSR count). The van der Waals surface area contributed by atoms with Gasteiger partial charge < -0.3 is 19.7 Å². The molecule has 1 aliphatic rings. The van der Waals surface area contributed by atoms with Crippen molar-refractivity contribution in [2.45, 2.75) is 13.0 Å². The third-order valence-corrected chi connectivity index (χ3v) is 5.75. The Hall–Kier alpha value is -3.91. The van der Waals surface area contributed by atoms with E-state index in [2.05, 4.69) is 10.3 Å². The van der Waals surface area contributed by atoms with E-state index in [-0.39, 0.29) is 12.1 Å². The van der Waals surface area contributed by atoms with Gasteiger partial charge in [0.15, 0.2) is 0 Å². The van der Waals surface area contributed by atoms with Gasteiger partial charge in [-0.15, -0.1) is 0 Å². The normalized spacial score (nSPS) is 15.1. The fraction of sp³-hybridized carbons (Fsp3) is 0.192. The first-order valence-electron chi connectivity index (χ1n) is 10.8. The highest BCUT2D eigenvalue weighted by molar-refractivity contribution is 6.32. The van der Waals surface area contributed by atoms with Gasteiger partial charge in [-0.1, -0.05) is 23.7 Å². The zero-order valence-corrected chi connectivity index (χ0v) is 20.1. The maximum Gasteiger partial charge on any atom is 0.252 e. The van der Waals surface area contributed by atoms with Crippen LogP contribution < -0.4 is 19.7 Å². The van der Waals surface area contributed by atoms with Gasteiger partial charge in [0.25, 0.3) is 5.91 Å². The summed E-state index contributed by atoms with van der Waals surface area (Å²) >= 11 is 6.26. The van der Waals surface area contributed by atoms with Gasteiger partial charge in [0.05, 0.1) is 25.6 Å². The fourth-order valence-electron chi connectivity index (χ4n) is 3.85. The van der Waals surface area contributed by atoms with Crippen LogP contribution in [0.5, 0.6) is 11.5 Å². The number of amides is 2. The molecule has 0 aliphatic carbocycles. The van der Waals surface area contributed by atoms with Crippen LogP contribution in [-0.2, 0) is 9.59 Å². The number of nitrogens with one attached hydrogen (secondary N) is 1. The summed E-state index contributed by atoms with van der Waals surface area (Å²) in [6.45, 7) is 1.31. The quantitative estimate of drug-likeness (QED) is 0.537. The van der Waals surface area contributed by atoms with E-state index in [4.69, 9.17) is 21.1 Å². The number of carbonyl (C=O) groups excluding carboxylic acids is 2. The van der Waals surface area contributed by atoms with E-state index in [1.807, 2.05) is 0 Å². The predicted molar refractivity (Wildman–Crippen MR) is 133 cm³/mol. The minimum absolute atomic E-state index is 0.241. The highest BCUT2D eigenvalue weighted by Gasteiger charge is 2.32. The van der Waals surface area contributed by atoms with Crippen LogP contribution in [0.4, 0.5) is 15.8 Å². The Labute approximate surface area is 207 Å². The SMILES string of the molecule is COc1cc(NC(=O)CN2C(=O)[C@@H](C)N=C(c3ccccc3F)c3cc(Cl)ccc32)cc(OC)c1. The first-order chi connectivity index (χ1) is 16.8. The zero-order valence-electron chi connectivity index (χ0n) is 19.3. The van der Waals surface area contributed by atoms with E-state index in [1.54, 1.807) is 61.5 Å². The number of benzene rings is 3. The minimum Gasteiger partial charge on any atom is -0.497 e. The first kappa shape index (κ1) is 24.2. The molecule has 0 saturated heterocycles. The summed E-state index contributed by atoms with van der Waals surface area (Å²) in [4.78, 5) is 32.2. The molecule has 0 spiro atoms. The topological polar surface area (TPSA) is 80.2 Å². The summed E-state index contributed by atoms with van der Waals surface area (Å²) in [5.74, 6) is -0.326. The Bertz CT molecular complexity index is 1310. The predicted octanol–water partition coefficient (Wildman–Crippen LogP) is 4.71. The maximum absolute atomic E-state index is 14.7. The number of hydrogen-bond donors (Lipinski definition) is 1. The van der Waals surface area contributed by atoms with Crippen molar-refractivity contribution in [1.82, 2.24) is 0 Å². The molecular formula is C26H23ClFN3O4. The lowest BCUT2D eigenvalue weighted by atomic mass is 9.99. The third kappa shape index (κ3) is 5.12. The number of carbonyl (C=O) groups is 2. The van der Waals surface area contributed by atoms with Gasteiger partial charge in [-0.3, -0.25) is 14.6 Å². The molecule has 0 aromatic heterocycles. The van der Waals surface area contributed by atoms with Gasteiger partial charge in [0, 0.05) is 40.0 Å². The summed E-state index contributed by atoms with van der Waals surface area (Å²) in [5, 5.41) is 3.16. The van der Waals surface area contributed by atoms with Gasteiger partial charge in [-0.05, 0) is 37.3 Å². The number of benzodiazepines with no additional fused rings is 1. The molecule has 3 aromatic carbocycles. The molecule has 1 atom stereocenters. The van der Waals surface area contributed by atoms with Gasteiger partial charge in [-0.25, -0.2) is 4.39 Å². The van der Waals surface area contributed by atoms with Crippen molar-refractivity contribution < 1.29 is 23.5 Å². The Morgan fingerprint density at radius 2 is 1.74 bits per heavy atom. The molecule has 0 bridgehead atoms.